The SMILES string of the molecule is COC(=O)COc1ccc(/C=C2/N=C(C)C(C(=O)OC)=C2O)cc1. The third-order valence-corrected chi connectivity index (χ3v) is 3.29. The highest BCUT2D eigenvalue weighted by molar-refractivity contribution is 6.21. The third-order valence-electron chi connectivity index (χ3n) is 3.29. The van der Waals surface area contributed by atoms with Crippen LogP contribution in [0.25, 0.3) is 6.08 Å². The summed E-state index contributed by atoms with van der Waals surface area (Å²) < 4.78 is 14.4. The molecule has 0 saturated heterocycles. The van der Waals surface area contributed by atoms with Crippen LogP contribution in [0.1, 0.15) is 12.5 Å². The summed E-state index contributed by atoms with van der Waals surface area (Å²) in [4.78, 5) is 26.8. The van der Waals surface area contributed by atoms with Crippen molar-refractivity contribution in [3.63, 3.8) is 0 Å². The molecular formula is C17H17NO6. The topological polar surface area (TPSA) is 94.4 Å². The number of rotatable bonds is 5. The molecule has 0 aliphatic carbocycles. The first-order valence-corrected chi connectivity index (χ1v) is 7.05. The molecule has 0 bridgehead atoms. The zero-order valence-corrected chi connectivity index (χ0v) is 13.5. The summed E-state index contributed by atoms with van der Waals surface area (Å²) in [6.07, 6.45) is 1.62. The maximum absolute atomic E-state index is 11.6. The Labute approximate surface area is 138 Å². The van der Waals surface area contributed by atoms with Gasteiger partial charge < -0.3 is 19.3 Å². The Morgan fingerprint density at radius 2 is 1.83 bits per heavy atom. The van der Waals surface area contributed by atoms with Gasteiger partial charge in [0, 0.05) is 0 Å². The minimum Gasteiger partial charge on any atom is -0.505 e. The van der Waals surface area contributed by atoms with Crippen LogP contribution in [0.15, 0.2) is 46.3 Å². The molecule has 0 saturated carbocycles. The monoisotopic (exact) mass is 331 g/mol. The van der Waals surface area contributed by atoms with Crippen LogP contribution in [-0.2, 0) is 19.1 Å². The molecular weight excluding hydrogens is 314 g/mol. The van der Waals surface area contributed by atoms with E-state index in [1.807, 2.05) is 0 Å². The molecule has 7 heteroatoms. The number of ether oxygens (including phenoxy) is 3. The Kier molecular flexibility index (Phi) is 5.36. The summed E-state index contributed by atoms with van der Waals surface area (Å²) in [7, 11) is 2.53. The molecule has 126 valence electrons. The number of hydrogen-bond donors (Lipinski definition) is 1. The second kappa shape index (κ2) is 7.45. The van der Waals surface area contributed by atoms with Crippen molar-refractivity contribution < 1.29 is 28.9 Å². The molecule has 1 N–H and O–H groups in total. The van der Waals surface area contributed by atoms with Gasteiger partial charge in [0.05, 0.1) is 19.9 Å². The third kappa shape index (κ3) is 3.81. The number of aliphatic hydroxyl groups excluding tert-OH is 1. The number of carbonyl (C=O) groups excluding carboxylic acids is 2. The van der Waals surface area contributed by atoms with Gasteiger partial charge in [0.15, 0.2) is 12.4 Å². The van der Waals surface area contributed by atoms with Gasteiger partial charge in [-0.15, -0.1) is 0 Å². The number of nitrogens with zero attached hydrogens (tertiary/aromatic N) is 1. The predicted molar refractivity (Wildman–Crippen MR) is 86.7 cm³/mol. The fraction of sp³-hybridized carbons (Fsp3) is 0.235. The van der Waals surface area contributed by atoms with Crippen molar-refractivity contribution >= 4 is 23.7 Å². The molecule has 0 aromatic heterocycles. The van der Waals surface area contributed by atoms with Gasteiger partial charge in [0.1, 0.15) is 17.0 Å². The molecule has 1 aromatic carbocycles. The lowest BCUT2D eigenvalue weighted by molar-refractivity contribution is -0.143. The molecule has 24 heavy (non-hydrogen) atoms. The molecule has 1 aliphatic heterocycles. The Morgan fingerprint density at radius 1 is 1.17 bits per heavy atom. The molecule has 0 spiro atoms. The van der Waals surface area contributed by atoms with Crippen LogP contribution in [0, 0.1) is 0 Å². The van der Waals surface area contributed by atoms with Crippen LogP contribution < -0.4 is 4.74 Å². The molecule has 0 amide bonds. The largest absolute Gasteiger partial charge is 0.505 e. The number of aliphatic imine (C=N–C) groups is 1. The molecule has 2 rings (SSSR count). The second-order valence-electron chi connectivity index (χ2n) is 4.88. The van der Waals surface area contributed by atoms with Crippen LogP contribution >= 0.6 is 0 Å². The normalized spacial score (nSPS) is 15.3. The van der Waals surface area contributed by atoms with Crippen molar-refractivity contribution in [3.05, 3.63) is 46.9 Å². The molecule has 0 unspecified atom stereocenters. The molecule has 1 aliphatic rings. The smallest absolute Gasteiger partial charge is 0.343 e. The van der Waals surface area contributed by atoms with E-state index in [1.54, 1.807) is 37.3 Å². The van der Waals surface area contributed by atoms with E-state index in [2.05, 4.69) is 14.5 Å². The van der Waals surface area contributed by atoms with E-state index in [0.717, 1.165) is 5.56 Å². The highest BCUT2D eigenvalue weighted by Crippen LogP contribution is 2.26. The van der Waals surface area contributed by atoms with Crippen molar-refractivity contribution in [2.75, 3.05) is 20.8 Å². The van der Waals surface area contributed by atoms with Gasteiger partial charge in [-0.25, -0.2) is 14.6 Å². The van der Waals surface area contributed by atoms with Crippen molar-refractivity contribution in [1.29, 1.82) is 0 Å². The van der Waals surface area contributed by atoms with Gasteiger partial charge in [-0.05, 0) is 30.7 Å². The first-order valence-electron chi connectivity index (χ1n) is 7.05. The average molecular weight is 331 g/mol. The first kappa shape index (κ1) is 17.3. The summed E-state index contributed by atoms with van der Waals surface area (Å²) in [6, 6.07) is 6.80. The first-order chi connectivity index (χ1) is 11.5. The zero-order chi connectivity index (χ0) is 17.7. The molecule has 1 aromatic rings. The maximum atomic E-state index is 11.6. The maximum Gasteiger partial charge on any atom is 0.343 e. The van der Waals surface area contributed by atoms with E-state index in [0.29, 0.717) is 11.5 Å². The number of benzene rings is 1. The van der Waals surface area contributed by atoms with Crippen LogP contribution in [0.2, 0.25) is 0 Å². The van der Waals surface area contributed by atoms with Gasteiger partial charge in [0.2, 0.25) is 0 Å². The summed E-state index contributed by atoms with van der Waals surface area (Å²) in [6.45, 7) is 1.44. The number of esters is 2. The van der Waals surface area contributed by atoms with E-state index in [4.69, 9.17) is 4.74 Å². The number of hydrogen-bond acceptors (Lipinski definition) is 7. The van der Waals surface area contributed by atoms with Gasteiger partial charge in [0.25, 0.3) is 0 Å². The molecule has 0 radical (unpaired) electrons. The molecule has 7 nitrogen and oxygen atoms in total. The summed E-state index contributed by atoms with van der Waals surface area (Å²) in [5, 5.41) is 10.1. The van der Waals surface area contributed by atoms with Gasteiger partial charge in [-0.2, -0.15) is 0 Å². The second-order valence-corrected chi connectivity index (χ2v) is 4.88. The fourth-order valence-corrected chi connectivity index (χ4v) is 2.06. The van der Waals surface area contributed by atoms with E-state index in [-0.39, 0.29) is 23.6 Å². The fourth-order valence-electron chi connectivity index (χ4n) is 2.06. The minimum absolute atomic E-state index is 0.0572. The summed E-state index contributed by atoms with van der Waals surface area (Å²) in [5.41, 5.74) is 1.46. The van der Waals surface area contributed by atoms with Crippen molar-refractivity contribution in [3.8, 4) is 5.75 Å². The van der Waals surface area contributed by atoms with Crippen LogP contribution in [0.5, 0.6) is 5.75 Å². The van der Waals surface area contributed by atoms with E-state index in [1.165, 1.54) is 14.2 Å². The molecule has 0 atom stereocenters. The Hall–Kier alpha value is -3.09. The van der Waals surface area contributed by atoms with Crippen LogP contribution in [0.4, 0.5) is 0 Å². The van der Waals surface area contributed by atoms with E-state index < -0.39 is 11.9 Å². The van der Waals surface area contributed by atoms with Crippen LogP contribution in [0.3, 0.4) is 0 Å². The lowest BCUT2D eigenvalue weighted by Gasteiger charge is -2.05. The van der Waals surface area contributed by atoms with Crippen molar-refractivity contribution in [2.24, 2.45) is 4.99 Å². The molecule has 0 fully saturated rings. The minimum atomic E-state index is -0.635. The number of aliphatic hydroxyl groups is 1. The van der Waals surface area contributed by atoms with E-state index >= 15 is 0 Å². The standard InChI is InChI=1S/C17H17NO6/c1-10-15(17(21)23-3)16(20)13(18-10)8-11-4-6-12(7-5-11)24-9-14(19)22-2/h4-8,20H,9H2,1-3H3/b13-8+. The van der Waals surface area contributed by atoms with Gasteiger partial charge >= 0.3 is 11.9 Å². The Balaban J connectivity index is 2.16. The quantitative estimate of drug-likeness (QED) is 0.830. The van der Waals surface area contributed by atoms with E-state index in [9.17, 15) is 14.7 Å². The summed E-state index contributed by atoms with van der Waals surface area (Å²) >= 11 is 0. The highest BCUT2D eigenvalue weighted by atomic mass is 16.6. The highest BCUT2D eigenvalue weighted by Gasteiger charge is 2.27. The van der Waals surface area contributed by atoms with Gasteiger partial charge in [-0.3, -0.25) is 0 Å². The van der Waals surface area contributed by atoms with Crippen molar-refractivity contribution in [2.45, 2.75) is 6.92 Å². The predicted octanol–water partition coefficient (Wildman–Crippen LogP) is 2.04. The zero-order valence-electron chi connectivity index (χ0n) is 13.5. The summed E-state index contributed by atoms with van der Waals surface area (Å²) in [5.74, 6) is -0.819. The average Bonchev–Trinajstić information content (AvgIpc) is 2.87. The van der Waals surface area contributed by atoms with Crippen LogP contribution in [-0.4, -0.2) is 43.6 Å². The Morgan fingerprint density at radius 3 is 2.42 bits per heavy atom. The molecule has 1 heterocycles. The lowest BCUT2D eigenvalue weighted by atomic mass is 10.1. The lowest BCUT2D eigenvalue weighted by Crippen LogP contribution is -2.12. The number of carbonyl (C=O) groups is 2. The number of methoxy groups -OCH3 is 2. The van der Waals surface area contributed by atoms with Crippen molar-refractivity contribution in [1.82, 2.24) is 0 Å². The van der Waals surface area contributed by atoms with Gasteiger partial charge in [-0.1, -0.05) is 12.1 Å². The Bertz CT molecular complexity index is 743.